The SMILES string of the molecule is C=Cc1ccc(C(C)C)cc1CN(C)C. The molecule has 0 amide bonds. The predicted octanol–water partition coefficient (Wildman–Crippen LogP) is 3.51. The standard InChI is InChI=1S/C14H21N/c1-6-12-7-8-13(11(2)3)9-14(12)10-15(4)5/h6-9,11H,1,10H2,2-5H3. The number of hydrogen-bond donors (Lipinski definition) is 0. The quantitative estimate of drug-likeness (QED) is 0.723. The van der Waals surface area contributed by atoms with Gasteiger partial charge in [0.1, 0.15) is 0 Å². The van der Waals surface area contributed by atoms with Gasteiger partial charge in [-0.2, -0.15) is 0 Å². The second-order valence-corrected chi connectivity index (χ2v) is 4.55. The van der Waals surface area contributed by atoms with Crippen LogP contribution in [0.25, 0.3) is 6.08 Å². The van der Waals surface area contributed by atoms with Gasteiger partial charge in [0, 0.05) is 6.54 Å². The van der Waals surface area contributed by atoms with Gasteiger partial charge >= 0.3 is 0 Å². The second kappa shape index (κ2) is 5.13. The molecule has 1 aromatic rings. The third-order valence-corrected chi connectivity index (χ3v) is 2.54. The Kier molecular flexibility index (Phi) is 4.10. The minimum Gasteiger partial charge on any atom is -0.305 e. The molecule has 0 radical (unpaired) electrons. The van der Waals surface area contributed by atoms with Crippen molar-refractivity contribution in [3.8, 4) is 0 Å². The molecule has 0 unspecified atom stereocenters. The molecule has 0 N–H and O–H groups in total. The summed E-state index contributed by atoms with van der Waals surface area (Å²) < 4.78 is 0. The van der Waals surface area contributed by atoms with E-state index in [2.05, 4.69) is 57.6 Å². The normalized spacial score (nSPS) is 11.1. The third kappa shape index (κ3) is 3.21. The molecule has 0 spiro atoms. The van der Waals surface area contributed by atoms with Gasteiger partial charge in [0.15, 0.2) is 0 Å². The Morgan fingerprint density at radius 2 is 2.00 bits per heavy atom. The molecule has 0 saturated carbocycles. The van der Waals surface area contributed by atoms with Gasteiger partial charge in [-0.05, 0) is 36.7 Å². The molecule has 0 bridgehead atoms. The van der Waals surface area contributed by atoms with Crippen molar-refractivity contribution in [1.29, 1.82) is 0 Å². The van der Waals surface area contributed by atoms with Gasteiger partial charge in [0.25, 0.3) is 0 Å². The summed E-state index contributed by atoms with van der Waals surface area (Å²) in [5, 5.41) is 0. The molecule has 1 heteroatoms. The van der Waals surface area contributed by atoms with E-state index in [-0.39, 0.29) is 0 Å². The fourth-order valence-corrected chi connectivity index (χ4v) is 1.66. The Morgan fingerprint density at radius 3 is 2.47 bits per heavy atom. The monoisotopic (exact) mass is 203 g/mol. The Morgan fingerprint density at radius 1 is 1.33 bits per heavy atom. The lowest BCUT2D eigenvalue weighted by atomic mass is 9.97. The highest BCUT2D eigenvalue weighted by atomic mass is 15.0. The molecule has 0 aliphatic heterocycles. The Hall–Kier alpha value is -1.08. The summed E-state index contributed by atoms with van der Waals surface area (Å²) in [4.78, 5) is 2.19. The zero-order valence-electron chi connectivity index (χ0n) is 10.2. The summed E-state index contributed by atoms with van der Waals surface area (Å²) in [5.74, 6) is 0.588. The zero-order chi connectivity index (χ0) is 11.4. The van der Waals surface area contributed by atoms with Crippen LogP contribution in [0.4, 0.5) is 0 Å². The van der Waals surface area contributed by atoms with Crippen LogP contribution in [0.15, 0.2) is 24.8 Å². The number of benzene rings is 1. The molecule has 1 nitrogen and oxygen atoms in total. The van der Waals surface area contributed by atoms with Crippen LogP contribution >= 0.6 is 0 Å². The summed E-state index contributed by atoms with van der Waals surface area (Å²) >= 11 is 0. The molecule has 0 saturated heterocycles. The van der Waals surface area contributed by atoms with Gasteiger partial charge in [-0.15, -0.1) is 0 Å². The van der Waals surface area contributed by atoms with E-state index in [0.29, 0.717) is 5.92 Å². The molecule has 1 rings (SSSR count). The third-order valence-electron chi connectivity index (χ3n) is 2.54. The first-order valence-electron chi connectivity index (χ1n) is 5.44. The molecular formula is C14H21N. The van der Waals surface area contributed by atoms with E-state index in [4.69, 9.17) is 0 Å². The van der Waals surface area contributed by atoms with Crippen molar-refractivity contribution in [1.82, 2.24) is 4.90 Å². The summed E-state index contributed by atoms with van der Waals surface area (Å²) in [6.07, 6.45) is 1.93. The first-order chi connectivity index (χ1) is 7.04. The number of rotatable bonds is 4. The summed E-state index contributed by atoms with van der Waals surface area (Å²) in [7, 11) is 4.18. The lowest BCUT2D eigenvalue weighted by molar-refractivity contribution is 0.402. The van der Waals surface area contributed by atoms with Crippen LogP contribution in [-0.4, -0.2) is 19.0 Å². The van der Waals surface area contributed by atoms with E-state index in [1.165, 1.54) is 16.7 Å². The Bertz CT molecular complexity index is 337. The number of hydrogen-bond acceptors (Lipinski definition) is 1. The molecule has 0 aromatic heterocycles. The zero-order valence-corrected chi connectivity index (χ0v) is 10.2. The van der Waals surface area contributed by atoms with Crippen molar-refractivity contribution in [2.24, 2.45) is 0 Å². The maximum absolute atomic E-state index is 3.85. The fourth-order valence-electron chi connectivity index (χ4n) is 1.66. The molecule has 0 fully saturated rings. The van der Waals surface area contributed by atoms with E-state index in [9.17, 15) is 0 Å². The molecule has 0 heterocycles. The highest BCUT2D eigenvalue weighted by Gasteiger charge is 2.05. The Labute approximate surface area is 93.4 Å². The topological polar surface area (TPSA) is 3.24 Å². The second-order valence-electron chi connectivity index (χ2n) is 4.55. The van der Waals surface area contributed by atoms with Gasteiger partial charge in [-0.25, -0.2) is 0 Å². The molecule has 0 aliphatic carbocycles. The van der Waals surface area contributed by atoms with E-state index in [1.54, 1.807) is 0 Å². The fraction of sp³-hybridized carbons (Fsp3) is 0.429. The van der Waals surface area contributed by atoms with Crippen molar-refractivity contribution in [3.63, 3.8) is 0 Å². The molecular weight excluding hydrogens is 182 g/mol. The number of nitrogens with zero attached hydrogens (tertiary/aromatic N) is 1. The van der Waals surface area contributed by atoms with Crippen molar-refractivity contribution < 1.29 is 0 Å². The van der Waals surface area contributed by atoms with Crippen LogP contribution in [0.2, 0.25) is 0 Å². The van der Waals surface area contributed by atoms with E-state index >= 15 is 0 Å². The summed E-state index contributed by atoms with van der Waals surface area (Å²) in [6, 6.07) is 6.66. The van der Waals surface area contributed by atoms with Crippen molar-refractivity contribution in [2.45, 2.75) is 26.3 Å². The molecule has 1 aromatic carbocycles. The maximum Gasteiger partial charge on any atom is 0.0233 e. The lowest BCUT2D eigenvalue weighted by Gasteiger charge is -2.15. The Balaban J connectivity index is 3.07. The maximum atomic E-state index is 3.85. The van der Waals surface area contributed by atoms with Crippen LogP contribution in [0.1, 0.15) is 36.5 Å². The molecule has 0 atom stereocenters. The van der Waals surface area contributed by atoms with Crippen LogP contribution in [0.5, 0.6) is 0 Å². The van der Waals surface area contributed by atoms with Crippen LogP contribution in [0, 0.1) is 0 Å². The van der Waals surface area contributed by atoms with E-state index in [0.717, 1.165) is 6.54 Å². The van der Waals surface area contributed by atoms with Crippen LogP contribution in [0.3, 0.4) is 0 Å². The van der Waals surface area contributed by atoms with Crippen molar-refractivity contribution in [2.75, 3.05) is 14.1 Å². The van der Waals surface area contributed by atoms with E-state index < -0.39 is 0 Å². The largest absolute Gasteiger partial charge is 0.305 e. The lowest BCUT2D eigenvalue weighted by Crippen LogP contribution is -2.12. The van der Waals surface area contributed by atoms with Crippen molar-refractivity contribution >= 4 is 6.08 Å². The van der Waals surface area contributed by atoms with Gasteiger partial charge in [-0.3, -0.25) is 0 Å². The first-order valence-corrected chi connectivity index (χ1v) is 5.44. The highest BCUT2D eigenvalue weighted by Crippen LogP contribution is 2.20. The average Bonchev–Trinajstić information content (AvgIpc) is 2.16. The van der Waals surface area contributed by atoms with Crippen LogP contribution < -0.4 is 0 Å². The summed E-state index contributed by atoms with van der Waals surface area (Å²) in [5.41, 5.74) is 4.01. The van der Waals surface area contributed by atoms with Gasteiger partial charge in [-0.1, -0.05) is 44.7 Å². The minimum absolute atomic E-state index is 0.588. The average molecular weight is 203 g/mol. The van der Waals surface area contributed by atoms with Gasteiger partial charge in [0.05, 0.1) is 0 Å². The molecule has 82 valence electrons. The molecule has 0 aliphatic rings. The highest BCUT2D eigenvalue weighted by molar-refractivity contribution is 5.53. The minimum atomic E-state index is 0.588. The smallest absolute Gasteiger partial charge is 0.0233 e. The van der Waals surface area contributed by atoms with Crippen LogP contribution in [-0.2, 0) is 6.54 Å². The summed E-state index contributed by atoms with van der Waals surface area (Å²) in [6.45, 7) is 9.28. The predicted molar refractivity (Wildman–Crippen MR) is 68.0 cm³/mol. The van der Waals surface area contributed by atoms with Gasteiger partial charge < -0.3 is 4.90 Å². The first kappa shape index (κ1) is 12.0. The van der Waals surface area contributed by atoms with E-state index in [1.807, 2.05) is 6.08 Å². The van der Waals surface area contributed by atoms with Gasteiger partial charge in [0.2, 0.25) is 0 Å². The molecule has 15 heavy (non-hydrogen) atoms. The van der Waals surface area contributed by atoms with Crippen molar-refractivity contribution in [3.05, 3.63) is 41.5 Å².